The summed E-state index contributed by atoms with van der Waals surface area (Å²) in [5.74, 6) is 0. The van der Waals surface area contributed by atoms with Crippen molar-refractivity contribution in [1.82, 2.24) is 9.88 Å². The van der Waals surface area contributed by atoms with E-state index in [1.165, 1.54) is 0 Å². The minimum atomic E-state index is 0.512. The summed E-state index contributed by atoms with van der Waals surface area (Å²) in [7, 11) is 0. The van der Waals surface area contributed by atoms with E-state index in [9.17, 15) is 0 Å². The molecule has 1 rings (SSSR count). The lowest BCUT2D eigenvalue weighted by molar-refractivity contribution is 0.296. The SMILES string of the molecule is CCN(CC)Cc1cc(CN)[nH]c1Cl. The third-order valence-electron chi connectivity index (χ3n) is 2.41. The van der Waals surface area contributed by atoms with Crippen molar-refractivity contribution in [3.05, 3.63) is 22.5 Å². The van der Waals surface area contributed by atoms with Crippen LogP contribution in [-0.2, 0) is 13.1 Å². The number of H-pyrrole nitrogens is 1. The Labute approximate surface area is 90.2 Å². The van der Waals surface area contributed by atoms with Crippen LogP contribution in [0.5, 0.6) is 0 Å². The van der Waals surface area contributed by atoms with Gasteiger partial charge in [0.1, 0.15) is 5.15 Å². The molecule has 0 amide bonds. The zero-order valence-corrected chi connectivity index (χ0v) is 9.56. The first-order valence-electron chi connectivity index (χ1n) is 4.99. The van der Waals surface area contributed by atoms with Crippen LogP contribution >= 0.6 is 11.6 Å². The van der Waals surface area contributed by atoms with Crippen LogP contribution in [0.4, 0.5) is 0 Å². The monoisotopic (exact) mass is 215 g/mol. The second kappa shape index (κ2) is 5.39. The van der Waals surface area contributed by atoms with Crippen molar-refractivity contribution in [1.29, 1.82) is 0 Å². The summed E-state index contributed by atoms with van der Waals surface area (Å²) in [5.41, 5.74) is 7.66. The molecular formula is C10H18ClN3. The van der Waals surface area contributed by atoms with E-state index in [-0.39, 0.29) is 0 Å². The highest BCUT2D eigenvalue weighted by atomic mass is 35.5. The van der Waals surface area contributed by atoms with E-state index in [0.29, 0.717) is 6.54 Å². The fourth-order valence-electron chi connectivity index (χ4n) is 1.44. The predicted octanol–water partition coefficient (Wildman–Crippen LogP) is 1.97. The maximum absolute atomic E-state index is 6.04. The van der Waals surface area contributed by atoms with Gasteiger partial charge in [0.05, 0.1) is 0 Å². The summed E-state index contributed by atoms with van der Waals surface area (Å²) >= 11 is 6.04. The number of nitrogens with two attached hydrogens (primary N) is 1. The van der Waals surface area contributed by atoms with Gasteiger partial charge in [0.2, 0.25) is 0 Å². The number of rotatable bonds is 5. The maximum atomic E-state index is 6.04. The Morgan fingerprint density at radius 1 is 1.43 bits per heavy atom. The molecule has 0 aliphatic rings. The average molecular weight is 216 g/mol. The molecule has 3 nitrogen and oxygen atoms in total. The Hall–Kier alpha value is -0.510. The molecular weight excluding hydrogens is 198 g/mol. The van der Waals surface area contributed by atoms with Gasteiger partial charge in [-0.15, -0.1) is 0 Å². The van der Waals surface area contributed by atoms with Gasteiger partial charge in [-0.25, -0.2) is 0 Å². The Balaban J connectivity index is 2.69. The number of nitrogens with one attached hydrogen (secondary N) is 1. The predicted molar refractivity (Wildman–Crippen MR) is 60.3 cm³/mol. The topological polar surface area (TPSA) is 45.0 Å². The maximum Gasteiger partial charge on any atom is 0.111 e. The summed E-state index contributed by atoms with van der Waals surface area (Å²) in [6.45, 7) is 7.77. The largest absolute Gasteiger partial charge is 0.348 e. The fourth-order valence-corrected chi connectivity index (χ4v) is 1.68. The van der Waals surface area contributed by atoms with Gasteiger partial charge in [0.15, 0.2) is 0 Å². The van der Waals surface area contributed by atoms with Gasteiger partial charge in [-0.05, 0) is 19.2 Å². The van der Waals surface area contributed by atoms with Crippen molar-refractivity contribution in [2.45, 2.75) is 26.9 Å². The van der Waals surface area contributed by atoms with Crippen LogP contribution < -0.4 is 5.73 Å². The minimum absolute atomic E-state index is 0.512. The number of aromatic nitrogens is 1. The smallest absolute Gasteiger partial charge is 0.111 e. The molecule has 80 valence electrons. The van der Waals surface area contributed by atoms with Crippen molar-refractivity contribution in [2.75, 3.05) is 13.1 Å². The van der Waals surface area contributed by atoms with Crippen molar-refractivity contribution >= 4 is 11.6 Å². The molecule has 0 atom stereocenters. The van der Waals surface area contributed by atoms with Crippen LogP contribution in [0.3, 0.4) is 0 Å². The number of hydrogen-bond acceptors (Lipinski definition) is 2. The molecule has 0 aliphatic carbocycles. The Morgan fingerprint density at radius 2 is 2.07 bits per heavy atom. The van der Waals surface area contributed by atoms with Gasteiger partial charge < -0.3 is 10.7 Å². The number of nitrogens with zero attached hydrogens (tertiary/aromatic N) is 1. The summed E-state index contributed by atoms with van der Waals surface area (Å²) in [5, 5.41) is 0.720. The van der Waals surface area contributed by atoms with E-state index in [1.54, 1.807) is 0 Å². The summed E-state index contributed by atoms with van der Waals surface area (Å²) < 4.78 is 0. The first-order valence-corrected chi connectivity index (χ1v) is 5.37. The fraction of sp³-hybridized carbons (Fsp3) is 0.600. The van der Waals surface area contributed by atoms with E-state index in [0.717, 1.165) is 36.0 Å². The van der Waals surface area contributed by atoms with Crippen LogP contribution in [0.2, 0.25) is 5.15 Å². The van der Waals surface area contributed by atoms with Gasteiger partial charge in [-0.1, -0.05) is 25.4 Å². The summed E-state index contributed by atoms with van der Waals surface area (Å²) in [4.78, 5) is 5.38. The third-order valence-corrected chi connectivity index (χ3v) is 2.75. The molecule has 0 saturated heterocycles. The molecule has 0 spiro atoms. The average Bonchev–Trinajstić information content (AvgIpc) is 2.56. The lowest BCUT2D eigenvalue weighted by atomic mass is 10.3. The van der Waals surface area contributed by atoms with Crippen LogP contribution in [0.15, 0.2) is 6.07 Å². The normalized spacial score (nSPS) is 11.2. The Bertz CT molecular complexity index is 279. The van der Waals surface area contributed by atoms with E-state index < -0.39 is 0 Å². The summed E-state index contributed by atoms with van der Waals surface area (Å²) in [6, 6.07) is 2.04. The molecule has 0 aliphatic heterocycles. The summed E-state index contributed by atoms with van der Waals surface area (Å²) in [6.07, 6.45) is 0. The number of hydrogen-bond donors (Lipinski definition) is 2. The molecule has 4 heteroatoms. The van der Waals surface area contributed by atoms with E-state index >= 15 is 0 Å². The molecule has 14 heavy (non-hydrogen) atoms. The number of halogens is 1. The zero-order valence-electron chi connectivity index (χ0n) is 8.81. The third kappa shape index (κ3) is 2.74. The molecule has 1 aromatic heterocycles. The second-order valence-corrected chi connectivity index (χ2v) is 3.68. The molecule has 0 radical (unpaired) electrons. The van der Waals surface area contributed by atoms with Gasteiger partial charge in [0.25, 0.3) is 0 Å². The van der Waals surface area contributed by atoms with Crippen molar-refractivity contribution in [3.63, 3.8) is 0 Å². The molecule has 3 N–H and O–H groups in total. The highest BCUT2D eigenvalue weighted by Gasteiger charge is 2.08. The van der Waals surface area contributed by atoms with Crippen LogP contribution in [-0.4, -0.2) is 23.0 Å². The molecule has 0 aromatic carbocycles. The molecule has 0 fully saturated rings. The van der Waals surface area contributed by atoms with Crippen molar-refractivity contribution < 1.29 is 0 Å². The van der Waals surface area contributed by atoms with Crippen LogP contribution in [0.1, 0.15) is 25.1 Å². The highest BCUT2D eigenvalue weighted by molar-refractivity contribution is 6.30. The van der Waals surface area contributed by atoms with Gasteiger partial charge in [-0.3, -0.25) is 4.90 Å². The van der Waals surface area contributed by atoms with Gasteiger partial charge >= 0.3 is 0 Å². The van der Waals surface area contributed by atoms with Crippen LogP contribution in [0.25, 0.3) is 0 Å². The van der Waals surface area contributed by atoms with Crippen LogP contribution in [0, 0.1) is 0 Å². The lowest BCUT2D eigenvalue weighted by Crippen LogP contribution is -2.21. The molecule has 0 saturated carbocycles. The zero-order chi connectivity index (χ0) is 10.6. The standard InChI is InChI=1S/C10H18ClN3/c1-3-14(4-2)7-8-5-9(6-12)13-10(8)11/h5,13H,3-4,6-7,12H2,1-2H3. The highest BCUT2D eigenvalue weighted by Crippen LogP contribution is 2.18. The molecule has 0 unspecified atom stereocenters. The van der Waals surface area contributed by atoms with E-state index in [2.05, 4.69) is 23.7 Å². The van der Waals surface area contributed by atoms with E-state index in [1.807, 2.05) is 6.07 Å². The first kappa shape index (κ1) is 11.6. The molecule has 1 heterocycles. The van der Waals surface area contributed by atoms with Crippen molar-refractivity contribution in [3.8, 4) is 0 Å². The number of aromatic amines is 1. The first-order chi connectivity index (χ1) is 6.71. The minimum Gasteiger partial charge on any atom is -0.348 e. The van der Waals surface area contributed by atoms with Gasteiger partial charge in [0, 0.05) is 24.3 Å². The molecule has 1 aromatic rings. The van der Waals surface area contributed by atoms with Gasteiger partial charge in [-0.2, -0.15) is 0 Å². The Morgan fingerprint density at radius 3 is 2.50 bits per heavy atom. The second-order valence-electron chi connectivity index (χ2n) is 3.30. The van der Waals surface area contributed by atoms with Crippen molar-refractivity contribution in [2.24, 2.45) is 5.73 Å². The lowest BCUT2D eigenvalue weighted by Gasteiger charge is -2.16. The quantitative estimate of drug-likeness (QED) is 0.789. The Kier molecular flexibility index (Phi) is 4.45. The molecule has 0 bridgehead atoms. The van der Waals surface area contributed by atoms with E-state index in [4.69, 9.17) is 17.3 Å².